The van der Waals surface area contributed by atoms with E-state index in [1.54, 1.807) is 30.3 Å². The van der Waals surface area contributed by atoms with E-state index in [0.717, 1.165) is 5.56 Å². The van der Waals surface area contributed by atoms with Crippen molar-refractivity contribution >= 4 is 29.0 Å². The lowest BCUT2D eigenvalue weighted by Crippen LogP contribution is -2.00. The van der Waals surface area contributed by atoms with Gasteiger partial charge < -0.3 is 0 Å². The number of rotatable bonds is 2. The Morgan fingerprint density at radius 2 is 1.79 bits per heavy atom. The Labute approximate surface area is 146 Å². The van der Waals surface area contributed by atoms with Crippen LogP contribution in [0.25, 0.3) is 28.3 Å². The predicted octanol–water partition coefficient (Wildman–Crippen LogP) is 4.90. The first-order chi connectivity index (χ1) is 11.6. The lowest BCUT2D eigenvalue weighted by Gasteiger charge is -2.10. The number of halogens is 3. The predicted molar refractivity (Wildman–Crippen MR) is 91.6 cm³/mol. The third-order valence-corrected chi connectivity index (χ3v) is 4.18. The molecule has 0 bridgehead atoms. The van der Waals surface area contributed by atoms with Gasteiger partial charge in [-0.15, -0.1) is 0 Å². The van der Waals surface area contributed by atoms with Gasteiger partial charge in [0.1, 0.15) is 12.1 Å². The zero-order valence-electron chi connectivity index (χ0n) is 12.1. The highest BCUT2D eigenvalue weighted by atomic mass is 35.5. The first kappa shape index (κ1) is 15.1. The molecule has 0 aliphatic heterocycles. The molecule has 2 aromatic carbocycles. The van der Waals surface area contributed by atoms with Crippen molar-refractivity contribution in [2.45, 2.75) is 0 Å². The summed E-state index contributed by atoms with van der Waals surface area (Å²) in [7, 11) is 0. The largest absolute Gasteiger partial charge is 0.253 e. The van der Waals surface area contributed by atoms with Crippen molar-refractivity contribution < 1.29 is 4.39 Å². The Kier molecular flexibility index (Phi) is 3.67. The van der Waals surface area contributed by atoms with Crippen LogP contribution in [0.5, 0.6) is 0 Å². The van der Waals surface area contributed by atoms with Gasteiger partial charge in [-0.3, -0.25) is 0 Å². The van der Waals surface area contributed by atoms with Gasteiger partial charge in [0, 0.05) is 10.6 Å². The monoisotopic (exact) mass is 358 g/mol. The van der Waals surface area contributed by atoms with Gasteiger partial charge in [0.15, 0.2) is 0 Å². The summed E-state index contributed by atoms with van der Waals surface area (Å²) in [5, 5.41) is 5.04. The van der Waals surface area contributed by atoms with Gasteiger partial charge in [-0.2, -0.15) is 14.6 Å². The van der Waals surface area contributed by atoms with Crippen LogP contribution in [0.4, 0.5) is 4.39 Å². The fourth-order valence-electron chi connectivity index (χ4n) is 2.50. The lowest BCUT2D eigenvalue weighted by molar-refractivity contribution is 0.630. The van der Waals surface area contributed by atoms with Crippen LogP contribution >= 0.6 is 23.2 Å². The van der Waals surface area contributed by atoms with Crippen LogP contribution in [-0.2, 0) is 0 Å². The number of nitrogens with zero attached hydrogens (tertiary/aromatic N) is 4. The van der Waals surface area contributed by atoms with Crippen LogP contribution in [0.2, 0.25) is 10.0 Å². The molecule has 4 aromatic rings. The van der Waals surface area contributed by atoms with Gasteiger partial charge in [0.25, 0.3) is 5.78 Å². The minimum atomic E-state index is -0.437. The highest BCUT2D eigenvalue weighted by Crippen LogP contribution is 2.32. The Hall–Kier alpha value is -2.50. The second kappa shape index (κ2) is 5.85. The molecular weight excluding hydrogens is 350 g/mol. The van der Waals surface area contributed by atoms with Gasteiger partial charge in [-0.25, -0.2) is 9.37 Å². The molecule has 0 N–H and O–H groups in total. The van der Waals surface area contributed by atoms with Crippen LogP contribution in [0.1, 0.15) is 0 Å². The molecule has 2 aromatic heterocycles. The molecule has 0 saturated carbocycles. The summed E-state index contributed by atoms with van der Waals surface area (Å²) in [4.78, 5) is 8.58. The van der Waals surface area contributed by atoms with Crippen LogP contribution in [-0.4, -0.2) is 19.6 Å². The van der Waals surface area contributed by atoms with E-state index in [2.05, 4.69) is 15.1 Å². The normalized spacial score (nSPS) is 11.1. The molecule has 2 heterocycles. The van der Waals surface area contributed by atoms with Crippen molar-refractivity contribution in [3.63, 3.8) is 0 Å². The van der Waals surface area contributed by atoms with Gasteiger partial charge in [-0.1, -0.05) is 41.4 Å². The molecule has 0 unspecified atom stereocenters. The Morgan fingerprint density at radius 1 is 1.00 bits per heavy atom. The maximum absolute atomic E-state index is 14.4. The fourth-order valence-corrected chi connectivity index (χ4v) is 2.89. The van der Waals surface area contributed by atoms with Crippen LogP contribution in [0.15, 0.2) is 54.9 Å². The number of hydrogen-bond acceptors (Lipinski definition) is 3. The number of aromatic nitrogens is 4. The van der Waals surface area contributed by atoms with Crippen molar-refractivity contribution in [1.29, 1.82) is 0 Å². The topological polar surface area (TPSA) is 43.1 Å². The second-order valence-corrected chi connectivity index (χ2v) is 5.95. The number of benzene rings is 2. The van der Waals surface area contributed by atoms with Gasteiger partial charge in [0.2, 0.25) is 0 Å². The molecule has 24 heavy (non-hydrogen) atoms. The molecule has 4 rings (SSSR count). The third kappa shape index (κ3) is 2.52. The third-order valence-electron chi connectivity index (χ3n) is 3.61. The quantitative estimate of drug-likeness (QED) is 0.511. The van der Waals surface area contributed by atoms with E-state index in [9.17, 15) is 4.39 Å². The summed E-state index contributed by atoms with van der Waals surface area (Å²) >= 11 is 12.1. The summed E-state index contributed by atoms with van der Waals surface area (Å²) < 4.78 is 15.8. The maximum Gasteiger partial charge on any atom is 0.253 e. The molecule has 0 atom stereocenters. The standard InChI is InChI=1S/C17H9Cl2FN4/c18-11-6-4-10(5-7-11)14-8-15(24-17(23-14)21-9-22-24)16-12(19)2-1-3-13(16)20/h1-9H. The molecule has 7 heteroatoms. The smallest absolute Gasteiger partial charge is 0.211 e. The molecule has 0 fully saturated rings. The lowest BCUT2D eigenvalue weighted by atomic mass is 10.1. The van der Waals surface area contributed by atoms with Crippen LogP contribution in [0.3, 0.4) is 0 Å². The molecule has 0 radical (unpaired) electrons. The average molecular weight is 359 g/mol. The van der Waals surface area contributed by atoms with Crippen molar-refractivity contribution in [1.82, 2.24) is 19.6 Å². The zero-order chi connectivity index (χ0) is 16.7. The van der Waals surface area contributed by atoms with Crippen molar-refractivity contribution in [2.75, 3.05) is 0 Å². The Balaban J connectivity index is 2.01. The van der Waals surface area contributed by atoms with E-state index in [-0.39, 0.29) is 5.56 Å². The Bertz CT molecular complexity index is 1020. The molecule has 0 spiro atoms. The minimum Gasteiger partial charge on any atom is -0.211 e. The molecule has 4 nitrogen and oxygen atoms in total. The van der Waals surface area contributed by atoms with E-state index in [0.29, 0.717) is 27.2 Å². The van der Waals surface area contributed by atoms with Gasteiger partial charge >= 0.3 is 0 Å². The van der Waals surface area contributed by atoms with E-state index < -0.39 is 5.82 Å². The zero-order valence-corrected chi connectivity index (χ0v) is 13.6. The highest BCUT2D eigenvalue weighted by Gasteiger charge is 2.16. The van der Waals surface area contributed by atoms with E-state index in [1.165, 1.54) is 16.9 Å². The Morgan fingerprint density at radius 3 is 2.54 bits per heavy atom. The van der Waals surface area contributed by atoms with E-state index in [4.69, 9.17) is 23.2 Å². The molecule has 0 saturated heterocycles. The van der Waals surface area contributed by atoms with Gasteiger partial charge in [0.05, 0.1) is 22.0 Å². The molecule has 0 aliphatic rings. The first-order valence-corrected chi connectivity index (χ1v) is 7.80. The summed E-state index contributed by atoms with van der Waals surface area (Å²) in [6, 6.07) is 13.5. The SMILES string of the molecule is Fc1cccc(Cl)c1-c1cc(-c2ccc(Cl)cc2)nc2ncnn12. The van der Waals surface area contributed by atoms with E-state index >= 15 is 0 Å². The minimum absolute atomic E-state index is 0.257. The molecular formula is C17H9Cl2FN4. The average Bonchev–Trinajstić information content (AvgIpc) is 3.04. The van der Waals surface area contributed by atoms with Crippen molar-refractivity contribution in [2.24, 2.45) is 0 Å². The molecule has 0 aliphatic carbocycles. The fraction of sp³-hybridized carbons (Fsp3) is 0. The molecule has 0 amide bonds. The molecule has 118 valence electrons. The summed E-state index contributed by atoms with van der Waals surface area (Å²) in [6.07, 6.45) is 1.37. The van der Waals surface area contributed by atoms with E-state index in [1.807, 2.05) is 12.1 Å². The first-order valence-electron chi connectivity index (χ1n) is 7.04. The van der Waals surface area contributed by atoms with Crippen molar-refractivity contribution in [3.05, 3.63) is 70.7 Å². The second-order valence-electron chi connectivity index (χ2n) is 5.10. The van der Waals surface area contributed by atoms with Crippen molar-refractivity contribution in [3.8, 4) is 22.5 Å². The highest BCUT2D eigenvalue weighted by molar-refractivity contribution is 6.33. The van der Waals surface area contributed by atoms with Crippen LogP contribution in [0, 0.1) is 5.82 Å². The summed E-state index contributed by atoms with van der Waals surface area (Å²) in [5.41, 5.74) is 2.19. The van der Waals surface area contributed by atoms with Crippen LogP contribution < -0.4 is 0 Å². The number of hydrogen-bond donors (Lipinski definition) is 0. The summed E-state index contributed by atoms with van der Waals surface area (Å²) in [6.45, 7) is 0. The number of fused-ring (bicyclic) bond motifs is 1. The summed E-state index contributed by atoms with van der Waals surface area (Å²) in [5.74, 6) is -0.0793. The van der Waals surface area contributed by atoms with Gasteiger partial charge in [-0.05, 0) is 30.3 Å². The maximum atomic E-state index is 14.4.